The lowest BCUT2D eigenvalue weighted by Gasteiger charge is -2.23. The molecule has 0 saturated carbocycles. The number of aryl methyl sites for hydroxylation is 9. The first-order valence-corrected chi connectivity index (χ1v) is 18.5. The van der Waals surface area contributed by atoms with Crippen molar-refractivity contribution >= 4 is 11.7 Å². The number of hydrogen-bond acceptors (Lipinski definition) is 3. The second-order valence-corrected chi connectivity index (χ2v) is 14.7. The van der Waals surface area contributed by atoms with Crippen molar-refractivity contribution < 1.29 is 0 Å². The van der Waals surface area contributed by atoms with Crippen LogP contribution < -0.4 is 5.32 Å². The summed E-state index contributed by atoms with van der Waals surface area (Å²) in [6.07, 6.45) is 0.617. The van der Waals surface area contributed by atoms with Crippen LogP contribution in [0.4, 0.5) is 0 Å². The molecule has 3 heteroatoms. The molecular formula is C49H49N3. The van der Waals surface area contributed by atoms with Gasteiger partial charge in [0.1, 0.15) is 11.7 Å². The fraction of sp³-hybridized carbons (Fsp3) is 0.224. The molecule has 0 saturated heterocycles. The molecule has 0 fully saturated rings. The van der Waals surface area contributed by atoms with Crippen LogP contribution in [-0.4, -0.2) is 11.7 Å². The Balaban J connectivity index is 1.26. The topological polar surface area (TPSA) is 36.8 Å². The lowest BCUT2D eigenvalue weighted by atomic mass is 9.91. The minimum atomic E-state index is -0.382. The van der Waals surface area contributed by atoms with Crippen molar-refractivity contribution in [3.8, 4) is 33.4 Å². The average Bonchev–Trinajstić information content (AvgIpc) is 3.11. The molecule has 1 aliphatic heterocycles. The zero-order chi connectivity index (χ0) is 36.7. The maximum absolute atomic E-state index is 5.23. The molecule has 0 amide bonds. The van der Waals surface area contributed by atoms with Crippen LogP contribution in [0.3, 0.4) is 0 Å². The van der Waals surface area contributed by atoms with Crippen LogP contribution in [-0.2, 0) is 6.42 Å². The molecule has 52 heavy (non-hydrogen) atoms. The summed E-state index contributed by atoms with van der Waals surface area (Å²) in [6.45, 7) is 19.7. The first kappa shape index (κ1) is 34.9. The maximum atomic E-state index is 5.23. The minimum absolute atomic E-state index is 0.382. The molecule has 7 rings (SSSR count). The molecule has 1 aliphatic rings. The van der Waals surface area contributed by atoms with Crippen LogP contribution in [0.2, 0.25) is 0 Å². The summed E-state index contributed by atoms with van der Waals surface area (Å²) in [4.78, 5) is 10.4. The molecule has 1 atom stereocenters. The van der Waals surface area contributed by atoms with E-state index in [4.69, 9.17) is 9.98 Å². The first-order valence-electron chi connectivity index (χ1n) is 18.5. The molecule has 6 aromatic rings. The van der Waals surface area contributed by atoms with Gasteiger partial charge in [-0.15, -0.1) is 0 Å². The largest absolute Gasteiger partial charge is 0.324 e. The van der Waals surface area contributed by atoms with Crippen LogP contribution in [0.5, 0.6) is 0 Å². The number of aliphatic imine (C=N–C) groups is 2. The summed E-state index contributed by atoms with van der Waals surface area (Å²) in [6, 6.07) is 40.1. The van der Waals surface area contributed by atoms with Gasteiger partial charge in [-0.25, -0.2) is 9.98 Å². The van der Waals surface area contributed by atoms with Crippen molar-refractivity contribution in [1.82, 2.24) is 5.32 Å². The molecule has 0 radical (unpaired) electrons. The highest BCUT2D eigenvalue weighted by Crippen LogP contribution is 2.34. The van der Waals surface area contributed by atoms with E-state index in [0.29, 0.717) is 0 Å². The lowest BCUT2D eigenvalue weighted by molar-refractivity contribution is 0.756. The van der Waals surface area contributed by atoms with Crippen LogP contribution in [0.1, 0.15) is 79.9 Å². The van der Waals surface area contributed by atoms with E-state index in [-0.39, 0.29) is 6.17 Å². The highest BCUT2D eigenvalue weighted by atomic mass is 15.2. The van der Waals surface area contributed by atoms with Gasteiger partial charge in [-0.2, -0.15) is 0 Å². The molecule has 0 spiro atoms. The Kier molecular flexibility index (Phi) is 9.55. The highest BCUT2D eigenvalue weighted by molar-refractivity contribution is 6.16. The summed E-state index contributed by atoms with van der Waals surface area (Å²) >= 11 is 0. The van der Waals surface area contributed by atoms with Gasteiger partial charge in [0.25, 0.3) is 0 Å². The number of hydrogen-bond donors (Lipinski definition) is 1. The SMILES string of the molecule is CCc1cc(C)cc(C)c1-c1ccc(C2=NC(c3ccc(-c4c(C)cc(C)cc4C)cc3)N=C(c3ccc(-c4c(C)cc(C)cc4C)cc3)N2)cc1. The Morgan fingerprint density at radius 2 is 0.750 bits per heavy atom. The van der Waals surface area contributed by atoms with Crippen molar-refractivity contribution in [2.75, 3.05) is 0 Å². The zero-order valence-corrected chi connectivity index (χ0v) is 32.1. The van der Waals surface area contributed by atoms with Crippen molar-refractivity contribution in [2.24, 2.45) is 9.98 Å². The van der Waals surface area contributed by atoms with Gasteiger partial charge >= 0.3 is 0 Å². The van der Waals surface area contributed by atoms with Crippen LogP contribution >= 0.6 is 0 Å². The summed E-state index contributed by atoms with van der Waals surface area (Å²) in [5.41, 5.74) is 22.5. The second-order valence-electron chi connectivity index (χ2n) is 14.7. The molecule has 0 aromatic heterocycles. The third kappa shape index (κ3) is 6.88. The fourth-order valence-electron chi connectivity index (χ4n) is 8.32. The van der Waals surface area contributed by atoms with Crippen molar-refractivity contribution in [2.45, 2.75) is 74.9 Å². The van der Waals surface area contributed by atoms with Gasteiger partial charge in [0.15, 0.2) is 6.17 Å². The van der Waals surface area contributed by atoms with Crippen molar-refractivity contribution in [3.05, 3.63) is 176 Å². The van der Waals surface area contributed by atoms with Gasteiger partial charge in [0.05, 0.1) is 0 Å². The van der Waals surface area contributed by atoms with E-state index >= 15 is 0 Å². The quantitative estimate of drug-likeness (QED) is 0.179. The van der Waals surface area contributed by atoms with E-state index in [1.807, 2.05) is 0 Å². The first-order chi connectivity index (χ1) is 25.0. The summed E-state index contributed by atoms with van der Waals surface area (Å²) < 4.78 is 0. The molecule has 0 bridgehead atoms. The van der Waals surface area contributed by atoms with Crippen molar-refractivity contribution in [3.63, 3.8) is 0 Å². The maximum Gasteiger partial charge on any atom is 0.169 e. The van der Waals surface area contributed by atoms with Gasteiger partial charge in [-0.1, -0.05) is 133 Å². The lowest BCUT2D eigenvalue weighted by Crippen LogP contribution is -2.36. The highest BCUT2D eigenvalue weighted by Gasteiger charge is 2.22. The predicted octanol–water partition coefficient (Wildman–Crippen LogP) is 12.2. The number of amidine groups is 2. The van der Waals surface area contributed by atoms with Crippen LogP contribution in [0.15, 0.2) is 119 Å². The van der Waals surface area contributed by atoms with Gasteiger partial charge in [0, 0.05) is 11.1 Å². The number of benzene rings is 6. The van der Waals surface area contributed by atoms with E-state index in [1.165, 1.54) is 83.5 Å². The molecule has 6 aromatic carbocycles. The van der Waals surface area contributed by atoms with E-state index in [0.717, 1.165) is 34.8 Å². The average molecular weight is 680 g/mol. The summed E-state index contributed by atoms with van der Waals surface area (Å²) in [5.74, 6) is 1.64. The Morgan fingerprint density at radius 1 is 0.423 bits per heavy atom. The van der Waals surface area contributed by atoms with Crippen LogP contribution in [0, 0.1) is 55.4 Å². The van der Waals surface area contributed by atoms with E-state index in [2.05, 4.69) is 177 Å². The van der Waals surface area contributed by atoms with Gasteiger partial charge in [0.2, 0.25) is 0 Å². The molecule has 260 valence electrons. The fourth-order valence-corrected chi connectivity index (χ4v) is 8.32. The molecule has 1 N–H and O–H groups in total. The van der Waals surface area contributed by atoms with Gasteiger partial charge in [-0.3, -0.25) is 0 Å². The van der Waals surface area contributed by atoms with Gasteiger partial charge in [-0.05, 0) is 134 Å². The van der Waals surface area contributed by atoms with Gasteiger partial charge < -0.3 is 5.32 Å². The third-order valence-electron chi connectivity index (χ3n) is 10.4. The normalized spacial score (nSPS) is 14.1. The van der Waals surface area contributed by atoms with E-state index < -0.39 is 0 Å². The molecule has 3 nitrogen and oxygen atoms in total. The standard InChI is InChI=1S/C49H49N3/c1-10-37-28-31(4)27-36(9)46(37)40-15-21-43(22-16-40)49-51-47(41-17-11-38(12-18-41)44-32(5)23-29(2)24-33(44)6)50-48(52-49)42-19-13-39(14-20-42)45-34(7)25-30(3)26-35(45)8/h11-28,47H,10H2,1-9H3,(H,50,51,52). The number of nitrogens with zero attached hydrogens (tertiary/aromatic N) is 2. The third-order valence-corrected chi connectivity index (χ3v) is 10.4. The summed E-state index contributed by atoms with van der Waals surface area (Å²) in [5, 5.41) is 3.63. The Bertz CT molecular complexity index is 2310. The molecular weight excluding hydrogens is 631 g/mol. The Labute approximate surface area is 310 Å². The molecule has 1 unspecified atom stereocenters. The molecule has 0 aliphatic carbocycles. The predicted molar refractivity (Wildman–Crippen MR) is 222 cm³/mol. The second kappa shape index (κ2) is 14.2. The van der Waals surface area contributed by atoms with Crippen molar-refractivity contribution in [1.29, 1.82) is 0 Å². The smallest absolute Gasteiger partial charge is 0.169 e. The van der Waals surface area contributed by atoms with Crippen LogP contribution in [0.25, 0.3) is 33.4 Å². The van der Waals surface area contributed by atoms with E-state index in [9.17, 15) is 0 Å². The minimum Gasteiger partial charge on any atom is -0.324 e. The van der Waals surface area contributed by atoms with E-state index in [1.54, 1.807) is 0 Å². The monoisotopic (exact) mass is 679 g/mol. The Morgan fingerprint density at radius 3 is 1.15 bits per heavy atom. The Hall–Kier alpha value is -5.54. The number of nitrogens with one attached hydrogen (secondary N) is 1. The number of rotatable bonds is 7. The molecule has 1 heterocycles. The summed E-state index contributed by atoms with van der Waals surface area (Å²) in [7, 11) is 0. The zero-order valence-electron chi connectivity index (χ0n) is 32.1.